The molecule has 1 heterocycles. The van der Waals surface area contributed by atoms with Crippen molar-refractivity contribution in [1.29, 1.82) is 0 Å². The highest BCUT2D eigenvalue weighted by Gasteiger charge is 2.36. The molecule has 1 aliphatic heterocycles. The van der Waals surface area contributed by atoms with E-state index in [4.69, 9.17) is 0 Å². The minimum Gasteiger partial charge on any atom is -0.507 e. The van der Waals surface area contributed by atoms with E-state index in [0.29, 0.717) is 11.3 Å². The van der Waals surface area contributed by atoms with E-state index >= 15 is 0 Å². The molecule has 28 heavy (non-hydrogen) atoms. The first-order valence-corrected chi connectivity index (χ1v) is 9.00. The summed E-state index contributed by atoms with van der Waals surface area (Å²) in [5.41, 5.74) is 1.28. The number of urea groups is 1. The Balaban J connectivity index is 1.97. The molecule has 2 aromatic carbocycles. The summed E-state index contributed by atoms with van der Waals surface area (Å²) in [5, 5.41) is 12.5. The minimum absolute atomic E-state index is 0.0549. The number of hydrogen-bond donors (Lipinski definition) is 2. The molecule has 2 aromatic rings. The fraction of sp³-hybridized carbons (Fsp3) is 0.190. The number of phenolic OH excluding ortho intramolecular Hbond substituents is 1. The normalized spacial score (nSPS) is 15.7. The van der Waals surface area contributed by atoms with Crippen LogP contribution < -0.4 is 15.1 Å². The number of amides is 4. The Morgan fingerprint density at radius 3 is 2.32 bits per heavy atom. The maximum atomic E-state index is 12.8. The van der Waals surface area contributed by atoms with Crippen molar-refractivity contribution >= 4 is 35.3 Å². The van der Waals surface area contributed by atoms with E-state index in [1.807, 2.05) is 19.9 Å². The van der Waals surface area contributed by atoms with E-state index in [1.54, 1.807) is 42.5 Å². The van der Waals surface area contributed by atoms with Crippen LogP contribution in [0.3, 0.4) is 0 Å². The lowest BCUT2D eigenvalue weighted by Crippen LogP contribution is -2.54. The number of nitrogens with one attached hydrogen (secondary N) is 1. The van der Waals surface area contributed by atoms with Gasteiger partial charge in [0.15, 0.2) is 0 Å². The van der Waals surface area contributed by atoms with Gasteiger partial charge in [0.2, 0.25) is 0 Å². The molecule has 4 amide bonds. The van der Waals surface area contributed by atoms with Crippen molar-refractivity contribution in [3.8, 4) is 5.75 Å². The van der Waals surface area contributed by atoms with Gasteiger partial charge in [-0.2, -0.15) is 0 Å². The molecule has 7 heteroatoms. The summed E-state index contributed by atoms with van der Waals surface area (Å²) in [7, 11) is 0. The molecule has 7 nitrogen and oxygen atoms in total. The number of hydrogen-bond acceptors (Lipinski definition) is 5. The molecule has 0 aromatic heterocycles. The zero-order chi connectivity index (χ0) is 20.3. The third-order valence-corrected chi connectivity index (χ3v) is 4.56. The zero-order valence-corrected chi connectivity index (χ0v) is 15.7. The molecule has 0 bridgehead atoms. The Kier molecular flexibility index (Phi) is 5.44. The van der Waals surface area contributed by atoms with Gasteiger partial charge in [0, 0.05) is 30.4 Å². The van der Waals surface area contributed by atoms with Gasteiger partial charge in [0.1, 0.15) is 11.3 Å². The van der Waals surface area contributed by atoms with Crippen LogP contribution in [-0.2, 0) is 9.59 Å². The minimum atomic E-state index is -0.806. The van der Waals surface area contributed by atoms with Crippen LogP contribution in [0.5, 0.6) is 5.75 Å². The van der Waals surface area contributed by atoms with E-state index in [0.717, 1.165) is 23.7 Å². The van der Waals surface area contributed by atoms with E-state index in [-0.39, 0.29) is 11.3 Å². The van der Waals surface area contributed by atoms with Crippen LogP contribution in [0.15, 0.2) is 54.1 Å². The molecule has 0 unspecified atom stereocenters. The van der Waals surface area contributed by atoms with E-state index in [1.165, 1.54) is 6.08 Å². The lowest BCUT2D eigenvalue weighted by atomic mass is 10.1. The van der Waals surface area contributed by atoms with Crippen molar-refractivity contribution in [3.63, 3.8) is 0 Å². The molecule has 1 fully saturated rings. The molecule has 0 atom stereocenters. The van der Waals surface area contributed by atoms with Crippen molar-refractivity contribution in [2.75, 3.05) is 22.9 Å². The second kappa shape index (κ2) is 7.96. The number of phenols is 1. The van der Waals surface area contributed by atoms with Crippen LogP contribution in [0.4, 0.5) is 16.2 Å². The average Bonchev–Trinajstić information content (AvgIpc) is 2.68. The summed E-state index contributed by atoms with van der Waals surface area (Å²) in [6.45, 7) is 5.59. The van der Waals surface area contributed by atoms with Gasteiger partial charge >= 0.3 is 6.03 Å². The predicted molar refractivity (Wildman–Crippen MR) is 107 cm³/mol. The second-order valence-corrected chi connectivity index (χ2v) is 6.21. The molecule has 3 rings (SSSR count). The lowest BCUT2D eigenvalue weighted by molar-refractivity contribution is -0.122. The third-order valence-electron chi connectivity index (χ3n) is 4.56. The largest absolute Gasteiger partial charge is 0.507 e. The summed E-state index contributed by atoms with van der Waals surface area (Å²) in [5.74, 6) is -1.60. The Morgan fingerprint density at radius 2 is 1.71 bits per heavy atom. The summed E-state index contributed by atoms with van der Waals surface area (Å²) in [4.78, 5) is 40.2. The van der Waals surface area contributed by atoms with Crippen molar-refractivity contribution in [1.82, 2.24) is 5.32 Å². The number of nitrogens with zero attached hydrogens (tertiary/aromatic N) is 2. The van der Waals surface area contributed by atoms with Gasteiger partial charge in [-0.25, -0.2) is 9.69 Å². The lowest BCUT2D eigenvalue weighted by Gasteiger charge is -2.26. The highest BCUT2D eigenvalue weighted by Crippen LogP contribution is 2.28. The molecule has 0 spiro atoms. The number of benzene rings is 2. The van der Waals surface area contributed by atoms with Crippen LogP contribution in [0.2, 0.25) is 0 Å². The molecule has 0 radical (unpaired) electrons. The van der Waals surface area contributed by atoms with Crippen molar-refractivity contribution < 1.29 is 19.5 Å². The number of carbonyl (C=O) groups excluding carboxylic acids is 3. The Morgan fingerprint density at radius 1 is 1.04 bits per heavy atom. The Labute approximate surface area is 162 Å². The number of aromatic hydroxyl groups is 1. The maximum Gasteiger partial charge on any atom is 0.335 e. The number of carbonyl (C=O) groups is 3. The highest BCUT2D eigenvalue weighted by atomic mass is 16.3. The molecule has 144 valence electrons. The second-order valence-electron chi connectivity index (χ2n) is 6.21. The first-order chi connectivity index (χ1) is 13.5. The monoisotopic (exact) mass is 379 g/mol. The summed E-state index contributed by atoms with van der Waals surface area (Å²) in [6, 6.07) is 12.6. The van der Waals surface area contributed by atoms with Gasteiger partial charge in [-0.1, -0.05) is 18.2 Å². The van der Waals surface area contributed by atoms with Gasteiger partial charge in [-0.3, -0.25) is 14.9 Å². The molecule has 0 saturated carbocycles. The average molecular weight is 379 g/mol. The molecular weight excluding hydrogens is 358 g/mol. The standard InChI is InChI=1S/C21H21N3O4/c1-3-23(4-2)16-11-10-14(18(25)13-16)12-17-19(26)22-21(28)24(20(17)27)15-8-6-5-7-9-15/h5-13,25H,3-4H2,1-2H3,(H,22,26,28)/b17-12+. The van der Waals surface area contributed by atoms with E-state index in [9.17, 15) is 19.5 Å². The maximum absolute atomic E-state index is 12.8. The molecule has 1 saturated heterocycles. The molecule has 0 aliphatic carbocycles. The van der Waals surface area contributed by atoms with Gasteiger partial charge < -0.3 is 10.0 Å². The number of rotatable bonds is 5. The summed E-state index contributed by atoms with van der Waals surface area (Å²) < 4.78 is 0. The van der Waals surface area contributed by atoms with Crippen LogP contribution >= 0.6 is 0 Å². The smallest absolute Gasteiger partial charge is 0.335 e. The quantitative estimate of drug-likeness (QED) is 0.616. The Bertz CT molecular complexity index is 949. The first-order valence-electron chi connectivity index (χ1n) is 9.00. The van der Waals surface area contributed by atoms with Gasteiger partial charge in [-0.05, 0) is 44.2 Å². The fourth-order valence-electron chi connectivity index (χ4n) is 3.06. The fourth-order valence-corrected chi connectivity index (χ4v) is 3.06. The van der Waals surface area contributed by atoms with Crippen LogP contribution in [0.25, 0.3) is 6.08 Å². The van der Waals surface area contributed by atoms with E-state index in [2.05, 4.69) is 10.2 Å². The summed E-state index contributed by atoms with van der Waals surface area (Å²) >= 11 is 0. The van der Waals surface area contributed by atoms with Crippen molar-refractivity contribution in [2.24, 2.45) is 0 Å². The highest BCUT2D eigenvalue weighted by molar-refractivity contribution is 6.39. The van der Waals surface area contributed by atoms with Gasteiger partial charge in [-0.15, -0.1) is 0 Å². The van der Waals surface area contributed by atoms with Gasteiger partial charge in [0.05, 0.1) is 5.69 Å². The SMILES string of the molecule is CCN(CC)c1ccc(/C=C2\C(=O)NC(=O)N(c3ccccc3)C2=O)c(O)c1. The van der Waals surface area contributed by atoms with Crippen molar-refractivity contribution in [3.05, 3.63) is 59.7 Å². The van der Waals surface area contributed by atoms with Crippen LogP contribution in [0, 0.1) is 0 Å². The topological polar surface area (TPSA) is 90.0 Å². The number of imide groups is 2. The first kappa shape index (κ1) is 19.2. The number of barbiturate groups is 1. The Hall–Kier alpha value is -3.61. The number of para-hydroxylation sites is 1. The predicted octanol–water partition coefficient (Wildman–Crippen LogP) is 2.90. The van der Waals surface area contributed by atoms with Crippen LogP contribution in [-0.4, -0.2) is 36.0 Å². The molecule has 2 N–H and O–H groups in total. The number of anilines is 2. The molecular formula is C21H21N3O4. The van der Waals surface area contributed by atoms with Crippen molar-refractivity contribution in [2.45, 2.75) is 13.8 Å². The van der Waals surface area contributed by atoms with Gasteiger partial charge in [0.25, 0.3) is 11.8 Å². The third kappa shape index (κ3) is 3.59. The van der Waals surface area contributed by atoms with E-state index < -0.39 is 17.8 Å². The van der Waals surface area contributed by atoms with Crippen LogP contribution in [0.1, 0.15) is 19.4 Å². The molecule has 1 aliphatic rings. The zero-order valence-electron chi connectivity index (χ0n) is 15.7. The summed E-state index contributed by atoms with van der Waals surface area (Å²) in [6.07, 6.45) is 1.29.